The number of ether oxygens (including phenoxy) is 1. The number of carbonyl (C=O) groups excluding carboxylic acids is 1. The molecular weight excluding hydrogens is 254 g/mol. The monoisotopic (exact) mass is 273 g/mol. The van der Waals surface area contributed by atoms with Crippen molar-refractivity contribution in [2.75, 3.05) is 19.8 Å². The van der Waals surface area contributed by atoms with Gasteiger partial charge in [0.25, 0.3) is 5.91 Å². The second-order valence-corrected chi connectivity index (χ2v) is 5.11. The van der Waals surface area contributed by atoms with Crippen molar-refractivity contribution in [3.05, 3.63) is 29.6 Å². The Labute approximate surface area is 118 Å². The quantitative estimate of drug-likeness (QED) is 0.777. The largest absolute Gasteiger partial charge is 0.379 e. The molecule has 1 atom stereocenters. The van der Waals surface area contributed by atoms with Crippen molar-refractivity contribution in [3.8, 4) is 11.8 Å². The van der Waals surface area contributed by atoms with E-state index in [-0.39, 0.29) is 11.4 Å². The summed E-state index contributed by atoms with van der Waals surface area (Å²) in [4.78, 5) is 16.3. The molecule has 0 radical (unpaired) electrons. The molecule has 1 unspecified atom stereocenters. The van der Waals surface area contributed by atoms with Gasteiger partial charge in [-0.15, -0.1) is 0 Å². The Hall–Kier alpha value is -1.90. The van der Waals surface area contributed by atoms with Crippen LogP contribution in [0.25, 0.3) is 0 Å². The molecule has 1 aromatic rings. The Kier molecular flexibility index (Phi) is 4.72. The fourth-order valence-corrected chi connectivity index (χ4v) is 2.13. The van der Waals surface area contributed by atoms with Gasteiger partial charge in [0.1, 0.15) is 5.69 Å². The first kappa shape index (κ1) is 14.5. The van der Waals surface area contributed by atoms with Crippen LogP contribution in [-0.4, -0.2) is 36.2 Å². The molecule has 3 N–H and O–H groups in total. The van der Waals surface area contributed by atoms with Crippen LogP contribution in [0.3, 0.4) is 0 Å². The summed E-state index contributed by atoms with van der Waals surface area (Å²) < 4.78 is 5.42. The third-order valence-corrected chi connectivity index (χ3v) is 3.18. The fourth-order valence-electron chi connectivity index (χ4n) is 2.13. The molecule has 5 heteroatoms. The zero-order valence-electron chi connectivity index (χ0n) is 11.6. The molecule has 0 saturated carbocycles. The van der Waals surface area contributed by atoms with Gasteiger partial charge >= 0.3 is 0 Å². The molecule has 2 heterocycles. The van der Waals surface area contributed by atoms with E-state index < -0.39 is 0 Å². The van der Waals surface area contributed by atoms with Gasteiger partial charge in [-0.2, -0.15) is 0 Å². The van der Waals surface area contributed by atoms with Crippen LogP contribution in [0, 0.1) is 11.8 Å². The number of rotatable bonds is 2. The molecule has 1 aromatic heterocycles. The number of amides is 1. The molecule has 0 aliphatic carbocycles. The molecule has 1 aliphatic rings. The Morgan fingerprint density at radius 2 is 2.45 bits per heavy atom. The van der Waals surface area contributed by atoms with E-state index in [0.29, 0.717) is 18.8 Å². The summed E-state index contributed by atoms with van der Waals surface area (Å²) in [6, 6.07) is 3.44. The van der Waals surface area contributed by atoms with Crippen molar-refractivity contribution in [2.24, 2.45) is 5.73 Å². The van der Waals surface area contributed by atoms with Crippen LogP contribution in [0.1, 0.15) is 35.8 Å². The summed E-state index contributed by atoms with van der Waals surface area (Å²) in [6.07, 6.45) is 3.45. The molecule has 1 amide bonds. The van der Waals surface area contributed by atoms with Crippen molar-refractivity contribution < 1.29 is 9.53 Å². The standard InChI is InChI=1S/C15H19N3O2/c1-15(7-3-9-20-11-15)18-14(19)13-6-5-12(10-17-13)4-2-8-16/h5-6,10H,3,7-9,11,16H2,1H3,(H,18,19). The first-order chi connectivity index (χ1) is 9.63. The maximum atomic E-state index is 12.2. The summed E-state index contributed by atoms with van der Waals surface area (Å²) in [5.74, 6) is 5.43. The van der Waals surface area contributed by atoms with E-state index in [2.05, 4.69) is 22.1 Å². The van der Waals surface area contributed by atoms with Crippen molar-refractivity contribution in [1.29, 1.82) is 0 Å². The fraction of sp³-hybridized carbons (Fsp3) is 0.467. The molecule has 2 rings (SSSR count). The topological polar surface area (TPSA) is 77.2 Å². The molecular formula is C15H19N3O2. The van der Waals surface area contributed by atoms with Crippen LogP contribution >= 0.6 is 0 Å². The van der Waals surface area contributed by atoms with Crippen molar-refractivity contribution in [3.63, 3.8) is 0 Å². The van der Waals surface area contributed by atoms with Gasteiger partial charge in [-0.25, -0.2) is 4.98 Å². The summed E-state index contributed by atoms with van der Waals surface area (Å²) in [6.45, 7) is 3.60. The van der Waals surface area contributed by atoms with Crippen molar-refractivity contribution in [2.45, 2.75) is 25.3 Å². The van der Waals surface area contributed by atoms with Crippen LogP contribution in [0.2, 0.25) is 0 Å². The Morgan fingerprint density at radius 3 is 3.05 bits per heavy atom. The Morgan fingerprint density at radius 1 is 1.60 bits per heavy atom. The van der Waals surface area contributed by atoms with Crippen LogP contribution in [0.5, 0.6) is 0 Å². The highest BCUT2D eigenvalue weighted by Crippen LogP contribution is 2.18. The Balaban J connectivity index is 2.02. The first-order valence-corrected chi connectivity index (χ1v) is 6.68. The van der Waals surface area contributed by atoms with Crippen LogP contribution in [0.15, 0.2) is 18.3 Å². The van der Waals surface area contributed by atoms with Crippen LogP contribution in [-0.2, 0) is 4.74 Å². The molecule has 1 aliphatic heterocycles. The molecule has 20 heavy (non-hydrogen) atoms. The SMILES string of the molecule is CC1(NC(=O)c2ccc(C#CCN)cn2)CCCOC1. The van der Waals surface area contributed by atoms with E-state index in [1.54, 1.807) is 18.3 Å². The highest BCUT2D eigenvalue weighted by Gasteiger charge is 2.29. The van der Waals surface area contributed by atoms with Gasteiger partial charge in [-0.1, -0.05) is 11.8 Å². The molecule has 1 saturated heterocycles. The first-order valence-electron chi connectivity index (χ1n) is 6.68. The molecule has 5 nitrogen and oxygen atoms in total. The van der Waals surface area contributed by atoms with Crippen LogP contribution in [0.4, 0.5) is 0 Å². The average Bonchev–Trinajstić information content (AvgIpc) is 2.46. The summed E-state index contributed by atoms with van der Waals surface area (Å²) in [5.41, 5.74) is 6.13. The van der Waals surface area contributed by atoms with E-state index >= 15 is 0 Å². The van der Waals surface area contributed by atoms with Crippen LogP contribution < -0.4 is 11.1 Å². The number of hydrogen-bond donors (Lipinski definition) is 2. The molecule has 106 valence electrons. The maximum absolute atomic E-state index is 12.2. The van der Waals surface area contributed by atoms with E-state index in [9.17, 15) is 4.79 Å². The minimum absolute atomic E-state index is 0.184. The average molecular weight is 273 g/mol. The van der Waals surface area contributed by atoms with Gasteiger partial charge in [-0.3, -0.25) is 4.79 Å². The zero-order valence-corrected chi connectivity index (χ0v) is 11.6. The zero-order chi connectivity index (χ0) is 14.4. The predicted octanol–water partition coefficient (Wildman–Crippen LogP) is 0.691. The highest BCUT2D eigenvalue weighted by atomic mass is 16.5. The second-order valence-electron chi connectivity index (χ2n) is 5.11. The highest BCUT2D eigenvalue weighted by molar-refractivity contribution is 5.92. The maximum Gasteiger partial charge on any atom is 0.270 e. The Bertz CT molecular complexity index is 522. The lowest BCUT2D eigenvalue weighted by Gasteiger charge is -2.34. The van der Waals surface area contributed by atoms with E-state index in [0.717, 1.165) is 25.0 Å². The molecule has 0 spiro atoms. The summed E-state index contributed by atoms with van der Waals surface area (Å²) in [7, 11) is 0. The number of aromatic nitrogens is 1. The van der Waals surface area contributed by atoms with E-state index in [4.69, 9.17) is 10.5 Å². The van der Waals surface area contributed by atoms with Gasteiger partial charge in [0, 0.05) is 18.4 Å². The second kappa shape index (κ2) is 6.51. The number of carbonyl (C=O) groups is 1. The van der Waals surface area contributed by atoms with Gasteiger partial charge in [0.05, 0.1) is 18.7 Å². The van der Waals surface area contributed by atoms with E-state index in [1.807, 2.05) is 6.92 Å². The minimum Gasteiger partial charge on any atom is -0.379 e. The predicted molar refractivity (Wildman–Crippen MR) is 76.1 cm³/mol. The normalized spacial score (nSPS) is 21.7. The molecule has 0 aromatic carbocycles. The lowest BCUT2D eigenvalue weighted by atomic mass is 9.94. The third-order valence-electron chi connectivity index (χ3n) is 3.18. The lowest BCUT2D eigenvalue weighted by Crippen LogP contribution is -2.51. The van der Waals surface area contributed by atoms with Gasteiger partial charge < -0.3 is 15.8 Å². The minimum atomic E-state index is -0.310. The third kappa shape index (κ3) is 3.80. The number of nitrogens with one attached hydrogen (secondary N) is 1. The molecule has 0 bridgehead atoms. The van der Waals surface area contributed by atoms with Crippen molar-refractivity contribution in [1.82, 2.24) is 10.3 Å². The van der Waals surface area contributed by atoms with Gasteiger partial charge in [-0.05, 0) is 31.9 Å². The number of nitrogens with two attached hydrogens (primary N) is 1. The van der Waals surface area contributed by atoms with Gasteiger partial charge in [0.15, 0.2) is 0 Å². The summed E-state index contributed by atoms with van der Waals surface area (Å²) in [5, 5.41) is 2.99. The van der Waals surface area contributed by atoms with Crippen molar-refractivity contribution >= 4 is 5.91 Å². The summed E-state index contributed by atoms with van der Waals surface area (Å²) >= 11 is 0. The number of hydrogen-bond acceptors (Lipinski definition) is 4. The smallest absolute Gasteiger partial charge is 0.270 e. The van der Waals surface area contributed by atoms with E-state index in [1.165, 1.54) is 0 Å². The number of nitrogens with zero attached hydrogens (tertiary/aromatic N) is 1. The lowest BCUT2D eigenvalue weighted by molar-refractivity contribution is 0.0271. The van der Waals surface area contributed by atoms with Gasteiger partial charge in [0.2, 0.25) is 0 Å². The number of pyridine rings is 1. The molecule has 1 fully saturated rings.